The van der Waals surface area contributed by atoms with Gasteiger partial charge in [0, 0.05) is 5.02 Å². The summed E-state index contributed by atoms with van der Waals surface area (Å²) in [5, 5.41) is 7.59. The number of halogens is 3. The van der Waals surface area contributed by atoms with E-state index in [0.29, 0.717) is 22.0 Å². The summed E-state index contributed by atoms with van der Waals surface area (Å²) in [5.74, 6) is -0.850. The lowest BCUT2D eigenvalue weighted by Crippen LogP contribution is -2.13. The van der Waals surface area contributed by atoms with E-state index in [1.807, 2.05) is 6.07 Å². The number of hydrogen-bond acceptors (Lipinski definition) is 2. The molecule has 7 heteroatoms. The molecule has 0 atom stereocenters. The van der Waals surface area contributed by atoms with Crippen molar-refractivity contribution in [2.75, 3.05) is 5.32 Å². The Bertz CT molecular complexity index is 924. The Labute approximate surface area is 147 Å². The van der Waals surface area contributed by atoms with Crippen LogP contribution in [0.4, 0.5) is 10.1 Å². The molecule has 1 heterocycles. The van der Waals surface area contributed by atoms with Gasteiger partial charge in [-0.1, -0.05) is 29.3 Å². The molecule has 0 radical (unpaired) electrons. The third-order valence-corrected chi connectivity index (χ3v) is 4.03. The molecule has 4 nitrogen and oxygen atoms in total. The Morgan fingerprint density at radius 2 is 2.00 bits per heavy atom. The number of anilines is 1. The topological polar surface area (TPSA) is 46.9 Å². The molecule has 0 saturated carbocycles. The van der Waals surface area contributed by atoms with Crippen molar-refractivity contribution in [2.24, 2.45) is 0 Å². The second-order valence-corrected chi connectivity index (χ2v) is 5.96. The molecular weight excluding hydrogens is 352 g/mol. The number of nitrogens with one attached hydrogen (secondary N) is 1. The second kappa shape index (κ2) is 6.63. The van der Waals surface area contributed by atoms with Gasteiger partial charge in [-0.25, -0.2) is 9.07 Å². The fraction of sp³-hybridized carbons (Fsp3) is 0.0588. The van der Waals surface area contributed by atoms with Gasteiger partial charge in [0.1, 0.15) is 5.82 Å². The first-order valence-electron chi connectivity index (χ1n) is 7.02. The van der Waals surface area contributed by atoms with E-state index < -0.39 is 5.82 Å². The van der Waals surface area contributed by atoms with Crippen molar-refractivity contribution in [3.05, 3.63) is 75.8 Å². The van der Waals surface area contributed by atoms with Gasteiger partial charge >= 0.3 is 0 Å². The number of carbonyl (C=O) groups is 1. The maximum absolute atomic E-state index is 13.1. The molecule has 0 saturated heterocycles. The molecule has 0 aliphatic carbocycles. The predicted molar refractivity (Wildman–Crippen MR) is 92.7 cm³/mol. The Morgan fingerprint density at radius 3 is 2.71 bits per heavy atom. The van der Waals surface area contributed by atoms with Crippen LogP contribution in [0, 0.1) is 12.7 Å². The van der Waals surface area contributed by atoms with E-state index in [9.17, 15) is 9.18 Å². The first-order chi connectivity index (χ1) is 11.5. The fourth-order valence-electron chi connectivity index (χ4n) is 2.28. The molecule has 0 unspecified atom stereocenters. The lowest BCUT2D eigenvalue weighted by molar-refractivity contribution is 0.102. The average molecular weight is 364 g/mol. The molecule has 3 aromatic rings. The van der Waals surface area contributed by atoms with Crippen LogP contribution in [0.25, 0.3) is 5.69 Å². The number of rotatable bonds is 3. The van der Waals surface area contributed by atoms with Crippen molar-refractivity contribution in [1.82, 2.24) is 9.78 Å². The maximum Gasteiger partial charge on any atom is 0.259 e. The molecule has 1 N–H and O–H groups in total. The van der Waals surface area contributed by atoms with Crippen molar-refractivity contribution in [2.45, 2.75) is 6.92 Å². The van der Waals surface area contributed by atoms with Crippen LogP contribution in [0.1, 0.15) is 16.1 Å². The summed E-state index contributed by atoms with van der Waals surface area (Å²) in [6.45, 7) is 1.77. The molecule has 122 valence electrons. The van der Waals surface area contributed by atoms with Gasteiger partial charge in [-0.3, -0.25) is 4.79 Å². The average Bonchev–Trinajstić information content (AvgIpc) is 2.92. The number of aromatic nitrogens is 2. The van der Waals surface area contributed by atoms with E-state index in [4.69, 9.17) is 23.2 Å². The van der Waals surface area contributed by atoms with Gasteiger partial charge in [-0.15, -0.1) is 0 Å². The van der Waals surface area contributed by atoms with Gasteiger partial charge in [0.05, 0.1) is 33.9 Å². The monoisotopic (exact) mass is 363 g/mol. The van der Waals surface area contributed by atoms with Crippen LogP contribution in [-0.4, -0.2) is 15.7 Å². The predicted octanol–water partition coefficient (Wildman–Crippen LogP) is 4.88. The van der Waals surface area contributed by atoms with Crippen LogP contribution in [0.15, 0.2) is 48.7 Å². The van der Waals surface area contributed by atoms with Crippen LogP contribution < -0.4 is 5.32 Å². The molecule has 0 aliphatic rings. The Kier molecular flexibility index (Phi) is 4.55. The van der Waals surface area contributed by atoms with E-state index in [2.05, 4.69) is 10.4 Å². The summed E-state index contributed by atoms with van der Waals surface area (Å²) >= 11 is 11.9. The lowest BCUT2D eigenvalue weighted by Gasteiger charge is -2.08. The van der Waals surface area contributed by atoms with Crippen molar-refractivity contribution < 1.29 is 9.18 Å². The van der Waals surface area contributed by atoms with Gasteiger partial charge in [0.15, 0.2) is 0 Å². The number of hydrogen-bond donors (Lipinski definition) is 1. The van der Waals surface area contributed by atoms with Crippen LogP contribution >= 0.6 is 23.2 Å². The third kappa shape index (κ3) is 3.27. The number of nitrogens with zero attached hydrogens (tertiary/aromatic N) is 2. The minimum atomic E-state index is -0.469. The summed E-state index contributed by atoms with van der Waals surface area (Å²) in [6.07, 6.45) is 1.46. The van der Waals surface area contributed by atoms with Crippen LogP contribution in [0.3, 0.4) is 0 Å². The van der Waals surface area contributed by atoms with Crippen LogP contribution in [-0.2, 0) is 0 Å². The first kappa shape index (κ1) is 16.5. The molecule has 0 aliphatic heterocycles. The van der Waals surface area contributed by atoms with E-state index in [0.717, 1.165) is 11.8 Å². The Balaban J connectivity index is 1.89. The molecule has 2 aromatic carbocycles. The summed E-state index contributed by atoms with van der Waals surface area (Å²) in [5.41, 5.74) is 2.11. The molecule has 24 heavy (non-hydrogen) atoms. The zero-order valence-corrected chi connectivity index (χ0v) is 14.1. The molecule has 0 fully saturated rings. The number of amides is 1. The Morgan fingerprint density at radius 1 is 1.21 bits per heavy atom. The largest absolute Gasteiger partial charge is 0.321 e. The normalized spacial score (nSPS) is 10.7. The lowest BCUT2D eigenvalue weighted by atomic mass is 10.2. The third-order valence-electron chi connectivity index (χ3n) is 3.49. The van der Waals surface area contributed by atoms with Gasteiger partial charge in [0.25, 0.3) is 5.91 Å². The van der Waals surface area contributed by atoms with Gasteiger partial charge in [-0.2, -0.15) is 5.10 Å². The standard InChI is InChI=1S/C17H12Cl2FN3O/c1-10-14(9-21-23(10)13-4-2-3-11(18)7-13)17(24)22-16-6-5-12(20)8-15(16)19/h2-9H,1H3,(H,22,24). The summed E-state index contributed by atoms with van der Waals surface area (Å²) in [7, 11) is 0. The van der Waals surface area contributed by atoms with Gasteiger partial charge in [0.2, 0.25) is 0 Å². The van der Waals surface area contributed by atoms with Crippen molar-refractivity contribution >= 4 is 34.8 Å². The van der Waals surface area contributed by atoms with Crippen molar-refractivity contribution in [3.8, 4) is 5.69 Å². The molecule has 3 rings (SSSR count). The van der Waals surface area contributed by atoms with Crippen LogP contribution in [0.5, 0.6) is 0 Å². The van der Waals surface area contributed by atoms with Gasteiger partial charge in [-0.05, 0) is 43.3 Å². The molecule has 0 spiro atoms. The van der Waals surface area contributed by atoms with E-state index >= 15 is 0 Å². The van der Waals surface area contributed by atoms with Crippen molar-refractivity contribution in [3.63, 3.8) is 0 Å². The number of carbonyl (C=O) groups excluding carboxylic acids is 1. The second-order valence-electron chi connectivity index (χ2n) is 5.11. The molecule has 1 amide bonds. The van der Waals surface area contributed by atoms with E-state index in [-0.39, 0.29) is 10.9 Å². The summed E-state index contributed by atoms with van der Waals surface area (Å²) in [4.78, 5) is 12.4. The maximum atomic E-state index is 13.1. The highest BCUT2D eigenvalue weighted by molar-refractivity contribution is 6.34. The minimum absolute atomic E-state index is 0.128. The van der Waals surface area contributed by atoms with E-state index in [1.54, 1.807) is 29.8 Å². The minimum Gasteiger partial charge on any atom is -0.321 e. The molecule has 1 aromatic heterocycles. The quantitative estimate of drug-likeness (QED) is 0.720. The highest BCUT2D eigenvalue weighted by atomic mass is 35.5. The smallest absolute Gasteiger partial charge is 0.259 e. The summed E-state index contributed by atoms with van der Waals surface area (Å²) < 4.78 is 14.7. The fourth-order valence-corrected chi connectivity index (χ4v) is 2.68. The van der Waals surface area contributed by atoms with Crippen LogP contribution in [0.2, 0.25) is 10.0 Å². The van der Waals surface area contributed by atoms with Crippen molar-refractivity contribution in [1.29, 1.82) is 0 Å². The molecule has 0 bridgehead atoms. The first-order valence-corrected chi connectivity index (χ1v) is 7.78. The highest BCUT2D eigenvalue weighted by Gasteiger charge is 2.16. The van der Waals surface area contributed by atoms with E-state index in [1.165, 1.54) is 18.3 Å². The molecular formula is C17H12Cl2FN3O. The van der Waals surface area contributed by atoms with Gasteiger partial charge < -0.3 is 5.32 Å². The summed E-state index contributed by atoms with van der Waals surface area (Å²) in [6, 6.07) is 10.9. The zero-order valence-electron chi connectivity index (χ0n) is 12.6. The number of benzene rings is 2. The SMILES string of the molecule is Cc1c(C(=O)Nc2ccc(F)cc2Cl)cnn1-c1cccc(Cl)c1. The zero-order chi connectivity index (χ0) is 17.3. The highest BCUT2D eigenvalue weighted by Crippen LogP contribution is 2.24. The Hall–Kier alpha value is -2.37.